The van der Waals surface area contributed by atoms with E-state index < -0.39 is 0 Å². The summed E-state index contributed by atoms with van der Waals surface area (Å²) >= 11 is 0. The van der Waals surface area contributed by atoms with Gasteiger partial charge in [-0.1, -0.05) is 74.5 Å². The summed E-state index contributed by atoms with van der Waals surface area (Å²) in [4.78, 5) is 4.74. The molecular formula is C59H50N2O2. The maximum absolute atomic E-state index is 6.92. The van der Waals surface area contributed by atoms with Crippen LogP contribution in [0.3, 0.4) is 0 Å². The summed E-state index contributed by atoms with van der Waals surface area (Å²) in [6.45, 7) is 17.7. The number of fused-ring (bicyclic) bond motifs is 8. The first-order valence-electron chi connectivity index (χ1n) is 22.1. The zero-order chi connectivity index (χ0) is 43.3. The molecular weight excluding hydrogens is 769 g/mol. The molecule has 4 heteroatoms. The molecule has 4 nitrogen and oxygen atoms in total. The van der Waals surface area contributed by atoms with Crippen molar-refractivity contribution in [3.8, 4) is 0 Å². The van der Waals surface area contributed by atoms with E-state index in [1.807, 2.05) is 0 Å². The van der Waals surface area contributed by atoms with E-state index in [1.165, 1.54) is 55.5 Å². The third-order valence-electron chi connectivity index (χ3n) is 13.8. The molecule has 0 N–H and O–H groups in total. The number of benzene rings is 9. The molecule has 0 bridgehead atoms. The molecule has 11 rings (SSSR count). The summed E-state index contributed by atoms with van der Waals surface area (Å²) in [5.41, 5.74) is 19.3. The van der Waals surface area contributed by atoms with Crippen LogP contribution in [0.25, 0.3) is 65.4 Å². The van der Waals surface area contributed by atoms with Crippen LogP contribution in [0.5, 0.6) is 0 Å². The molecule has 2 heterocycles. The van der Waals surface area contributed by atoms with Gasteiger partial charge in [-0.05, 0) is 193 Å². The van der Waals surface area contributed by atoms with Crippen LogP contribution in [0.1, 0.15) is 58.7 Å². The van der Waals surface area contributed by atoms with Crippen LogP contribution in [0.2, 0.25) is 0 Å². The minimum atomic E-state index is 0.167. The van der Waals surface area contributed by atoms with Crippen LogP contribution in [0.15, 0.2) is 160 Å². The summed E-state index contributed by atoms with van der Waals surface area (Å²) in [5.74, 6) is 0.167. The number of para-hydroxylation sites is 2. The molecule has 0 spiro atoms. The minimum absolute atomic E-state index is 0.167. The van der Waals surface area contributed by atoms with Crippen LogP contribution in [-0.4, -0.2) is 0 Å². The van der Waals surface area contributed by atoms with Gasteiger partial charge in [0.1, 0.15) is 22.3 Å². The maximum Gasteiger partial charge on any atom is 0.142 e. The highest BCUT2D eigenvalue weighted by Crippen LogP contribution is 2.46. The molecule has 308 valence electrons. The Morgan fingerprint density at radius 2 is 0.794 bits per heavy atom. The Balaban J connectivity index is 1.06. The summed E-state index contributed by atoms with van der Waals surface area (Å²) in [7, 11) is 0. The molecule has 0 fully saturated rings. The number of hydrogen-bond donors (Lipinski definition) is 0. The lowest BCUT2D eigenvalue weighted by Crippen LogP contribution is -2.12. The van der Waals surface area contributed by atoms with Crippen molar-refractivity contribution in [1.29, 1.82) is 0 Å². The Morgan fingerprint density at radius 1 is 0.365 bits per heavy atom. The lowest BCUT2D eigenvalue weighted by Gasteiger charge is -2.28. The van der Waals surface area contributed by atoms with Gasteiger partial charge in [0, 0.05) is 61.2 Å². The largest absolute Gasteiger partial charge is 0.456 e. The van der Waals surface area contributed by atoms with Gasteiger partial charge in [-0.2, -0.15) is 0 Å². The van der Waals surface area contributed by atoms with Crippen molar-refractivity contribution in [2.75, 3.05) is 9.80 Å². The quantitative estimate of drug-likeness (QED) is 0.160. The van der Waals surface area contributed by atoms with Gasteiger partial charge in [0.2, 0.25) is 0 Å². The van der Waals surface area contributed by atoms with Crippen molar-refractivity contribution in [1.82, 2.24) is 0 Å². The average molecular weight is 819 g/mol. The number of hydrogen-bond acceptors (Lipinski definition) is 4. The van der Waals surface area contributed by atoms with Gasteiger partial charge in [0.25, 0.3) is 0 Å². The predicted molar refractivity (Wildman–Crippen MR) is 268 cm³/mol. The van der Waals surface area contributed by atoms with E-state index in [-0.39, 0.29) is 5.92 Å². The van der Waals surface area contributed by atoms with Gasteiger partial charge < -0.3 is 18.6 Å². The first kappa shape index (κ1) is 38.6. The summed E-state index contributed by atoms with van der Waals surface area (Å²) in [5, 5.41) is 9.06. The molecule has 0 saturated heterocycles. The first-order chi connectivity index (χ1) is 30.5. The number of furan rings is 2. The van der Waals surface area contributed by atoms with E-state index in [0.29, 0.717) is 0 Å². The van der Waals surface area contributed by atoms with Crippen molar-refractivity contribution < 1.29 is 8.83 Å². The van der Waals surface area contributed by atoms with Gasteiger partial charge in [0.05, 0.1) is 0 Å². The third kappa shape index (κ3) is 6.19. The molecule has 11 aromatic rings. The third-order valence-corrected chi connectivity index (χ3v) is 13.8. The number of nitrogens with zero attached hydrogens (tertiary/aromatic N) is 2. The fourth-order valence-electron chi connectivity index (χ4n) is 9.81. The van der Waals surface area contributed by atoms with E-state index in [0.717, 1.165) is 83.0 Å². The maximum atomic E-state index is 6.92. The molecule has 0 atom stereocenters. The summed E-state index contributed by atoms with van der Waals surface area (Å²) in [6.07, 6.45) is 0. The molecule has 0 radical (unpaired) electrons. The van der Waals surface area contributed by atoms with Crippen LogP contribution in [-0.2, 0) is 0 Å². The fourth-order valence-corrected chi connectivity index (χ4v) is 9.81. The van der Waals surface area contributed by atoms with Crippen molar-refractivity contribution in [2.45, 2.75) is 61.3 Å². The van der Waals surface area contributed by atoms with Crippen LogP contribution in [0, 0.1) is 41.5 Å². The molecule has 0 unspecified atom stereocenters. The topological polar surface area (TPSA) is 32.8 Å². The number of aryl methyl sites for hydroxylation is 2. The Bertz CT molecular complexity index is 3380. The van der Waals surface area contributed by atoms with E-state index in [4.69, 9.17) is 8.83 Å². The lowest BCUT2D eigenvalue weighted by molar-refractivity contribution is 0.638. The summed E-state index contributed by atoms with van der Waals surface area (Å²) in [6, 6.07) is 55.2. The van der Waals surface area contributed by atoms with Crippen LogP contribution in [0.4, 0.5) is 34.1 Å². The Labute approximate surface area is 368 Å². The Hall–Kier alpha value is -7.30. The highest BCUT2D eigenvalue weighted by molar-refractivity contribution is 6.20. The van der Waals surface area contributed by atoms with E-state index in [9.17, 15) is 0 Å². The second-order valence-corrected chi connectivity index (χ2v) is 17.8. The van der Waals surface area contributed by atoms with Gasteiger partial charge in [-0.3, -0.25) is 0 Å². The van der Waals surface area contributed by atoms with Crippen molar-refractivity contribution in [2.24, 2.45) is 0 Å². The molecule has 0 aliphatic rings. The normalized spacial score (nSPS) is 12.0. The van der Waals surface area contributed by atoms with Gasteiger partial charge in [-0.25, -0.2) is 0 Å². The molecule has 9 aromatic carbocycles. The van der Waals surface area contributed by atoms with Gasteiger partial charge >= 0.3 is 0 Å². The SMILES string of the molecule is Cc1ccc(N(c2ccccc2)c2ccc3cc4c(cc3c2)oc2c(C(C)C)c3oc5cc6cc(N(c7ccccc7)c7ccc(C)c(C)c7C)ccc6cc5c3cc24)c(C)c1C. The molecule has 2 aromatic heterocycles. The second kappa shape index (κ2) is 14.7. The second-order valence-electron chi connectivity index (χ2n) is 17.8. The molecule has 0 amide bonds. The van der Waals surface area contributed by atoms with E-state index >= 15 is 0 Å². The van der Waals surface area contributed by atoms with Crippen molar-refractivity contribution in [3.63, 3.8) is 0 Å². The predicted octanol–water partition coefficient (Wildman–Crippen LogP) is 17.7. The fraction of sp³-hybridized carbons (Fsp3) is 0.153. The number of anilines is 6. The highest BCUT2D eigenvalue weighted by Gasteiger charge is 2.24. The minimum Gasteiger partial charge on any atom is -0.456 e. The monoisotopic (exact) mass is 818 g/mol. The van der Waals surface area contributed by atoms with Crippen LogP contribution >= 0.6 is 0 Å². The Morgan fingerprint density at radius 3 is 1.21 bits per heavy atom. The summed E-state index contributed by atoms with van der Waals surface area (Å²) < 4.78 is 13.8. The molecule has 0 aliphatic heterocycles. The van der Waals surface area contributed by atoms with Gasteiger partial charge in [-0.15, -0.1) is 0 Å². The zero-order valence-electron chi connectivity index (χ0n) is 37.2. The van der Waals surface area contributed by atoms with Crippen molar-refractivity contribution in [3.05, 3.63) is 191 Å². The van der Waals surface area contributed by atoms with Gasteiger partial charge in [0.15, 0.2) is 0 Å². The highest BCUT2D eigenvalue weighted by atomic mass is 16.3. The first-order valence-corrected chi connectivity index (χ1v) is 22.1. The van der Waals surface area contributed by atoms with Crippen LogP contribution < -0.4 is 9.80 Å². The Kier molecular flexibility index (Phi) is 8.99. The zero-order valence-corrected chi connectivity index (χ0v) is 37.2. The lowest BCUT2D eigenvalue weighted by atomic mass is 9.95. The molecule has 0 saturated carbocycles. The number of rotatable bonds is 7. The standard InChI is InChI=1S/C59H50N2O2/c1-34(2)57-58-51(49-29-41-21-23-47(27-43(41)31-55(49)62-58)60(45-15-11-9-12-16-45)53-25-19-35(3)37(5)39(53)7)33-52-50-30-42-22-24-48(28-44(42)32-56(50)63-59(52)57)61(46-17-13-10-14-18-46)54-26-20-36(4)38(6)40(54)8/h9-34H,1-8H3. The average Bonchev–Trinajstić information content (AvgIpc) is 3.83. The smallest absolute Gasteiger partial charge is 0.142 e. The molecule has 0 aliphatic carbocycles. The molecule has 63 heavy (non-hydrogen) atoms. The van der Waals surface area contributed by atoms with Crippen molar-refractivity contribution >= 4 is 99.5 Å². The van der Waals surface area contributed by atoms with E-state index in [1.54, 1.807) is 0 Å². The van der Waals surface area contributed by atoms with E-state index in [2.05, 4.69) is 217 Å².